The second kappa shape index (κ2) is 5.98. The van der Waals surface area contributed by atoms with Crippen LogP contribution in [0.3, 0.4) is 0 Å². The van der Waals surface area contributed by atoms with Crippen LogP contribution in [0.5, 0.6) is 5.75 Å². The van der Waals surface area contributed by atoms with Gasteiger partial charge >= 0.3 is 0 Å². The second-order valence-corrected chi connectivity index (χ2v) is 4.72. The molecule has 0 spiro atoms. The van der Waals surface area contributed by atoms with E-state index in [0.29, 0.717) is 5.56 Å². The van der Waals surface area contributed by atoms with E-state index in [9.17, 15) is 10.4 Å². The van der Waals surface area contributed by atoms with Gasteiger partial charge in [-0.1, -0.05) is 12.1 Å². The molecule has 1 heterocycles. The molecule has 0 radical (unpaired) electrons. The molecule has 6 nitrogen and oxygen atoms in total. The molecule has 0 saturated carbocycles. The number of hydrogen-bond acceptors (Lipinski definition) is 4. The van der Waals surface area contributed by atoms with Crippen molar-refractivity contribution in [2.45, 2.75) is 0 Å². The van der Waals surface area contributed by atoms with Gasteiger partial charge in [-0.2, -0.15) is 10.3 Å². The highest BCUT2D eigenvalue weighted by atomic mass is 16.8. The van der Waals surface area contributed by atoms with Crippen molar-refractivity contribution in [1.29, 1.82) is 0 Å². The summed E-state index contributed by atoms with van der Waals surface area (Å²) < 4.78 is 6.83. The molecule has 1 aromatic heterocycles. The molecule has 0 saturated heterocycles. The van der Waals surface area contributed by atoms with Crippen molar-refractivity contribution in [2.24, 2.45) is 0 Å². The minimum Gasteiger partial charge on any atom is -0.595 e. The molecule has 0 aliphatic heterocycles. The zero-order valence-corrected chi connectivity index (χ0v) is 11.9. The van der Waals surface area contributed by atoms with Crippen molar-refractivity contribution in [3.05, 3.63) is 66.1 Å². The summed E-state index contributed by atoms with van der Waals surface area (Å²) in [5.41, 5.74) is 2.54. The minimum absolute atomic E-state index is 0.261. The highest BCUT2D eigenvalue weighted by molar-refractivity contribution is 5.72. The van der Waals surface area contributed by atoms with Crippen LogP contribution in [0.1, 0.15) is 0 Å². The number of hydrogen-bond donors (Lipinski definition) is 2. The van der Waals surface area contributed by atoms with Crippen LogP contribution in [0.15, 0.2) is 60.9 Å². The van der Waals surface area contributed by atoms with Gasteiger partial charge in [0.05, 0.1) is 19.0 Å². The average Bonchev–Trinajstić information content (AvgIpc) is 3.04. The van der Waals surface area contributed by atoms with Gasteiger partial charge < -0.3 is 9.94 Å². The van der Waals surface area contributed by atoms with E-state index in [-0.39, 0.29) is 5.69 Å². The third-order valence-electron chi connectivity index (χ3n) is 3.39. The summed E-state index contributed by atoms with van der Waals surface area (Å²) in [6.07, 6.45) is 3.47. The van der Waals surface area contributed by atoms with Gasteiger partial charge in [-0.25, -0.2) is 9.89 Å². The molecule has 0 amide bonds. The van der Waals surface area contributed by atoms with Crippen molar-refractivity contribution < 1.29 is 15.2 Å². The van der Waals surface area contributed by atoms with Crippen molar-refractivity contribution in [1.82, 2.24) is 9.78 Å². The standard InChI is InChI=1S/C16H15N3O3/c1-22-14-8-6-13(7-9-14)18-11-12(10-17-18)15-4-2-3-5-16(15)19(20)21/h2-11,19-20H,1H3. The normalized spacial score (nSPS) is 12.1. The van der Waals surface area contributed by atoms with Crippen LogP contribution in [0.4, 0.5) is 5.69 Å². The lowest BCUT2D eigenvalue weighted by molar-refractivity contribution is -0.991. The molecule has 112 valence electrons. The molecule has 0 aliphatic rings. The monoisotopic (exact) mass is 297 g/mol. The average molecular weight is 297 g/mol. The number of quaternary nitrogens is 1. The summed E-state index contributed by atoms with van der Waals surface area (Å²) >= 11 is 0. The second-order valence-electron chi connectivity index (χ2n) is 4.72. The summed E-state index contributed by atoms with van der Waals surface area (Å²) in [7, 11) is 1.61. The Labute approximate surface area is 127 Å². The molecule has 3 rings (SSSR count). The highest BCUT2D eigenvalue weighted by Gasteiger charge is 2.12. The van der Waals surface area contributed by atoms with Gasteiger partial charge in [0.15, 0.2) is 5.69 Å². The number of nitrogens with one attached hydrogen (secondary N) is 1. The predicted octanol–water partition coefficient (Wildman–Crippen LogP) is 1.95. The van der Waals surface area contributed by atoms with Crippen LogP contribution >= 0.6 is 0 Å². The summed E-state index contributed by atoms with van der Waals surface area (Å²) in [5, 5.41) is 23.9. The van der Waals surface area contributed by atoms with E-state index in [0.717, 1.165) is 17.0 Å². The zero-order valence-electron chi connectivity index (χ0n) is 11.9. The maximum absolute atomic E-state index is 11.3. The third-order valence-corrected chi connectivity index (χ3v) is 3.39. The minimum atomic E-state index is -0.951. The quantitative estimate of drug-likeness (QED) is 0.722. The first-order chi connectivity index (χ1) is 10.7. The number of para-hydroxylation sites is 1. The van der Waals surface area contributed by atoms with Crippen LogP contribution in [-0.2, 0) is 0 Å². The lowest BCUT2D eigenvalue weighted by atomic mass is 10.1. The molecule has 0 fully saturated rings. The fraction of sp³-hybridized carbons (Fsp3) is 0.0625. The first-order valence-electron chi connectivity index (χ1n) is 6.71. The van der Waals surface area contributed by atoms with Crippen LogP contribution in [0.25, 0.3) is 16.8 Å². The number of nitrogens with zero attached hydrogens (tertiary/aromatic N) is 2. The molecule has 2 N–H and O–H groups in total. The van der Waals surface area contributed by atoms with Crippen LogP contribution < -0.4 is 9.96 Å². The Balaban J connectivity index is 1.97. The van der Waals surface area contributed by atoms with Crippen molar-refractivity contribution >= 4 is 5.69 Å². The third kappa shape index (κ3) is 2.71. The Morgan fingerprint density at radius 3 is 2.55 bits per heavy atom. The van der Waals surface area contributed by atoms with E-state index in [2.05, 4.69) is 5.10 Å². The molecule has 1 unspecified atom stereocenters. The van der Waals surface area contributed by atoms with E-state index in [1.165, 1.54) is 0 Å². The van der Waals surface area contributed by atoms with Gasteiger partial charge in [0.1, 0.15) is 5.75 Å². The van der Waals surface area contributed by atoms with E-state index in [1.807, 2.05) is 36.5 Å². The van der Waals surface area contributed by atoms with Crippen molar-refractivity contribution in [3.63, 3.8) is 0 Å². The van der Waals surface area contributed by atoms with Gasteiger partial charge in [-0.05, 0) is 30.3 Å². The molecule has 0 bridgehead atoms. The molecule has 2 aromatic carbocycles. The van der Waals surface area contributed by atoms with Gasteiger partial charge in [0.2, 0.25) is 0 Å². The molecule has 22 heavy (non-hydrogen) atoms. The highest BCUT2D eigenvalue weighted by Crippen LogP contribution is 2.25. The van der Waals surface area contributed by atoms with E-state index in [4.69, 9.17) is 4.74 Å². The number of ether oxygens (including phenoxy) is 1. The van der Waals surface area contributed by atoms with Gasteiger partial charge in [0.25, 0.3) is 0 Å². The summed E-state index contributed by atoms with van der Waals surface area (Å²) in [6.45, 7) is 0. The summed E-state index contributed by atoms with van der Waals surface area (Å²) in [5.74, 6) is 0.771. The topological polar surface area (TPSA) is 74.8 Å². The number of benzene rings is 2. The van der Waals surface area contributed by atoms with Crippen molar-refractivity contribution in [3.8, 4) is 22.6 Å². The zero-order chi connectivity index (χ0) is 15.5. The van der Waals surface area contributed by atoms with E-state index >= 15 is 0 Å². The van der Waals surface area contributed by atoms with E-state index in [1.54, 1.807) is 36.2 Å². The van der Waals surface area contributed by atoms with Gasteiger partial charge in [0, 0.05) is 23.4 Å². The summed E-state index contributed by atoms with van der Waals surface area (Å²) in [6, 6.07) is 14.4. The van der Waals surface area contributed by atoms with Gasteiger partial charge in [-0.3, -0.25) is 0 Å². The number of rotatable bonds is 4. The SMILES string of the molecule is COc1ccc(-n2cc(-c3ccccc3[NH+]([O-])O)cn2)cc1. The Morgan fingerprint density at radius 1 is 1.14 bits per heavy atom. The largest absolute Gasteiger partial charge is 0.595 e. The molecule has 6 heteroatoms. The summed E-state index contributed by atoms with van der Waals surface area (Å²) in [4.78, 5) is 0. The smallest absolute Gasteiger partial charge is 0.171 e. The Kier molecular flexibility index (Phi) is 3.88. The van der Waals surface area contributed by atoms with Crippen LogP contribution in [0, 0.1) is 5.21 Å². The van der Waals surface area contributed by atoms with Gasteiger partial charge in [-0.15, -0.1) is 0 Å². The molecular formula is C16H15N3O3. The molecule has 1 atom stereocenters. The first kappa shape index (κ1) is 14.3. The maximum atomic E-state index is 11.3. The molecule has 0 aliphatic carbocycles. The molecule has 3 aromatic rings. The van der Waals surface area contributed by atoms with Crippen LogP contribution in [0.2, 0.25) is 0 Å². The first-order valence-corrected chi connectivity index (χ1v) is 6.71. The van der Waals surface area contributed by atoms with Crippen molar-refractivity contribution in [2.75, 3.05) is 7.11 Å². The number of methoxy groups -OCH3 is 1. The number of aromatic nitrogens is 2. The van der Waals surface area contributed by atoms with E-state index < -0.39 is 5.23 Å². The fourth-order valence-corrected chi connectivity index (χ4v) is 2.26. The predicted molar refractivity (Wildman–Crippen MR) is 81.3 cm³/mol. The Bertz CT molecular complexity index is 766. The molecular weight excluding hydrogens is 282 g/mol. The fourth-order valence-electron chi connectivity index (χ4n) is 2.26. The van der Waals surface area contributed by atoms with Crippen LogP contribution in [-0.4, -0.2) is 22.1 Å². The Morgan fingerprint density at radius 2 is 1.86 bits per heavy atom. The lowest BCUT2D eigenvalue weighted by Crippen LogP contribution is -2.99. The Hall–Kier alpha value is -2.67. The lowest BCUT2D eigenvalue weighted by Gasteiger charge is -2.14. The maximum Gasteiger partial charge on any atom is 0.171 e.